The third kappa shape index (κ3) is 7.14. The van der Waals surface area contributed by atoms with Crippen LogP contribution >= 0.6 is 11.9 Å². The van der Waals surface area contributed by atoms with Crippen molar-refractivity contribution in [1.82, 2.24) is 14.9 Å². The van der Waals surface area contributed by atoms with E-state index >= 15 is 8.78 Å². The van der Waals surface area contributed by atoms with Crippen molar-refractivity contribution in [3.63, 3.8) is 0 Å². The minimum Gasteiger partial charge on any atom is -0.494 e. The molecule has 254 valence electrons. The highest BCUT2D eigenvalue weighted by Crippen LogP contribution is 2.41. The van der Waals surface area contributed by atoms with E-state index in [1.807, 2.05) is 26.8 Å². The Labute approximate surface area is 283 Å². The zero-order chi connectivity index (χ0) is 34.2. The number of methoxy groups -OCH3 is 1. The Hall–Kier alpha value is -4.16. The molecule has 1 aliphatic carbocycles. The highest BCUT2D eigenvalue weighted by atomic mass is 32.2. The highest BCUT2D eigenvalue weighted by Gasteiger charge is 2.29. The number of aliphatic hydroxyl groups is 1. The van der Waals surface area contributed by atoms with Crippen LogP contribution in [0.5, 0.6) is 5.75 Å². The zero-order valence-electron chi connectivity index (χ0n) is 27.8. The summed E-state index contributed by atoms with van der Waals surface area (Å²) in [6.45, 7) is 8.63. The van der Waals surface area contributed by atoms with Crippen LogP contribution in [-0.2, 0) is 17.6 Å². The van der Waals surface area contributed by atoms with Crippen molar-refractivity contribution in [2.24, 2.45) is 0 Å². The summed E-state index contributed by atoms with van der Waals surface area (Å²) >= 11 is 1.26. The fraction of sp³-hybridized carbons (Fsp3) is 0.417. The smallest absolute Gasteiger partial charge is 0.410 e. The Bertz CT molecular complexity index is 1850. The number of likely N-dealkylation sites (tertiary alicyclic amines) is 1. The standard InChI is InChI=1S/C36H41F2N5O4S/c1-6-20-14-25-24(9-12-28(25)44)30(15-20)48-42-27-11-10-26(37)31(32(27)38)21-16-22-18-39-34(41-33(22)29(17-21)46-5)40-23-8-7-13-43(19-23)35(45)47-36(2,3)4/h10-11,14-18,23,28,42,44H,6-9,12-13,19H2,1-5H3,(H,39,40,41). The van der Waals surface area contributed by atoms with E-state index in [1.54, 1.807) is 23.2 Å². The van der Waals surface area contributed by atoms with E-state index in [0.29, 0.717) is 42.1 Å². The van der Waals surface area contributed by atoms with Gasteiger partial charge in [0.1, 0.15) is 22.7 Å². The van der Waals surface area contributed by atoms with Crippen molar-refractivity contribution in [1.29, 1.82) is 0 Å². The van der Waals surface area contributed by atoms with Crippen LogP contribution in [0.2, 0.25) is 0 Å². The molecule has 0 radical (unpaired) electrons. The molecule has 1 aliphatic heterocycles. The third-order valence-corrected chi connectivity index (χ3v) is 9.57. The number of carbonyl (C=O) groups is 1. The van der Waals surface area contributed by atoms with Gasteiger partial charge in [0, 0.05) is 35.6 Å². The molecule has 48 heavy (non-hydrogen) atoms. The molecule has 1 saturated heterocycles. The summed E-state index contributed by atoms with van der Waals surface area (Å²) in [7, 11) is 1.48. The van der Waals surface area contributed by atoms with Crippen molar-refractivity contribution in [2.45, 2.75) is 82.4 Å². The first-order valence-electron chi connectivity index (χ1n) is 16.3. The summed E-state index contributed by atoms with van der Waals surface area (Å²) in [5.74, 6) is -0.758. The van der Waals surface area contributed by atoms with E-state index in [1.165, 1.54) is 31.2 Å². The molecule has 9 nitrogen and oxygen atoms in total. The molecular weight excluding hydrogens is 636 g/mol. The first-order chi connectivity index (χ1) is 22.9. The summed E-state index contributed by atoms with van der Waals surface area (Å²) in [6, 6.07) is 9.85. The van der Waals surface area contributed by atoms with Gasteiger partial charge in [0.25, 0.3) is 0 Å². The number of piperidine rings is 1. The number of hydrogen-bond donors (Lipinski definition) is 3. The number of benzene rings is 3. The number of aryl methyl sites for hydroxylation is 1. The van der Waals surface area contributed by atoms with Gasteiger partial charge in [-0.05, 0) is 117 Å². The van der Waals surface area contributed by atoms with E-state index in [-0.39, 0.29) is 28.9 Å². The van der Waals surface area contributed by atoms with E-state index in [4.69, 9.17) is 9.47 Å². The molecule has 0 saturated carbocycles. The molecule has 6 rings (SSSR count). The second-order valence-electron chi connectivity index (χ2n) is 13.3. The van der Waals surface area contributed by atoms with Crippen molar-refractivity contribution in [2.75, 3.05) is 30.2 Å². The molecule has 1 aromatic heterocycles. The number of hydrogen-bond acceptors (Lipinski definition) is 9. The lowest BCUT2D eigenvalue weighted by molar-refractivity contribution is 0.0206. The maximum atomic E-state index is 16.1. The van der Waals surface area contributed by atoms with Crippen LogP contribution in [0.15, 0.2) is 47.5 Å². The van der Waals surface area contributed by atoms with E-state index in [2.05, 4.69) is 33.0 Å². The summed E-state index contributed by atoms with van der Waals surface area (Å²) < 4.78 is 45.7. The molecule has 0 bridgehead atoms. The predicted octanol–water partition coefficient (Wildman–Crippen LogP) is 8.06. The second kappa shape index (κ2) is 13.8. The molecule has 2 atom stereocenters. The van der Waals surface area contributed by atoms with E-state index in [0.717, 1.165) is 47.3 Å². The Balaban J connectivity index is 1.24. The number of aliphatic hydroxyl groups excluding tert-OH is 1. The van der Waals surface area contributed by atoms with Gasteiger partial charge in [-0.1, -0.05) is 13.0 Å². The summed E-state index contributed by atoms with van der Waals surface area (Å²) in [6.07, 6.45) is 4.57. The van der Waals surface area contributed by atoms with Gasteiger partial charge in [-0.25, -0.2) is 23.5 Å². The summed E-state index contributed by atoms with van der Waals surface area (Å²) in [5, 5.41) is 14.3. The van der Waals surface area contributed by atoms with Gasteiger partial charge in [-0.15, -0.1) is 0 Å². The number of anilines is 2. The van der Waals surface area contributed by atoms with Crippen LogP contribution in [0.1, 0.15) is 69.8 Å². The number of carbonyl (C=O) groups excluding carboxylic acids is 1. The van der Waals surface area contributed by atoms with Crippen LogP contribution in [0.25, 0.3) is 22.0 Å². The summed E-state index contributed by atoms with van der Waals surface area (Å²) in [4.78, 5) is 24.4. The first-order valence-corrected chi connectivity index (χ1v) is 17.1. The average molecular weight is 678 g/mol. The van der Waals surface area contributed by atoms with Crippen LogP contribution in [0, 0.1) is 11.6 Å². The van der Waals surface area contributed by atoms with Gasteiger partial charge in [0.05, 0.1) is 24.5 Å². The van der Waals surface area contributed by atoms with Crippen molar-refractivity contribution >= 4 is 40.6 Å². The van der Waals surface area contributed by atoms with Gasteiger partial charge >= 0.3 is 6.09 Å². The number of rotatable bonds is 8. The van der Waals surface area contributed by atoms with Crippen LogP contribution in [0.3, 0.4) is 0 Å². The lowest BCUT2D eigenvalue weighted by Crippen LogP contribution is -2.47. The number of aromatic nitrogens is 2. The van der Waals surface area contributed by atoms with E-state index < -0.39 is 23.3 Å². The Morgan fingerprint density at radius 2 is 1.98 bits per heavy atom. The van der Waals surface area contributed by atoms with Crippen molar-refractivity contribution in [3.05, 3.63) is 70.9 Å². The largest absolute Gasteiger partial charge is 0.494 e. The molecule has 2 aliphatic rings. The molecule has 3 aromatic carbocycles. The minimum absolute atomic E-state index is 0.0825. The van der Waals surface area contributed by atoms with Crippen LogP contribution < -0.4 is 14.8 Å². The lowest BCUT2D eigenvalue weighted by atomic mass is 10.0. The molecule has 1 amide bonds. The molecule has 3 N–H and O–H groups in total. The Morgan fingerprint density at radius 1 is 1.17 bits per heavy atom. The maximum absolute atomic E-state index is 16.1. The third-order valence-electron chi connectivity index (χ3n) is 8.66. The maximum Gasteiger partial charge on any atom is 0.410 e. The normalized spacial score (nSPS) is 17.7. The van der Waals surface area contributed by atoms with Gasteiger partial charge in [0.15, 0.2) is 5.82 Å². The van der Waals surface area contributed by atoms with Gasteiger partial charge in [-0.2, -0.15) is 0 Å². The quantitative estimate of drug-likeness (QED) is 0.160. The lowest BCUT2D eigenvalue weighted by Gasteiger charge is -2.34. The molecule has 2 unspecified atom stereocenters. The van der Waals surface area contributed by atoms with E-state index in [9.17, 15) is 9.90 Å². The van der Waals surface area contributed by atoms with Gasteiger partial charge in [-0.3, -0.25) is 0 Å². The molecule has 0 spiro atoms. The molecular formula is C36H41F2N5O4S. The monoisotopic (exact) mass is 677 g/mol. The topological polar surface area (TPSA) is 109 Å². The number of nitrogens with zero attached hydrogens (tertiary/aromatic N) is 3. The SMILES string of the molecule is CCc1cc(SNc2ccc(F)c(-c3cc(OC)c4nc(NC5CCCN(C(=O)OC(C)(C)C)C5)ncc4c3)c2F)c2c(c1)C(O)CC2. The number of ether oxygens (including phenoxy) is 2. The van der Waals surface area contributed by atoms with Crippen LogP contribution in [0.4, 0.5) is 25.2 Å². The molecule has 4 aromatic rings. The summed E-state index contributed by atoms with van der Waals surface area (Å²) in [5.41, 5.74) is 3.18. The second-order valence-corrected chi connectivity index (χ2v) is 14.1. The zero-order valence-corrected chi connectivity index (χ0v) is 28.6. The molecule has 1 fully saturated rings. The van der Waals surface area contributed by atoms with Crippen molar-refractivity contribution in [3.8, 4) is 16.9 Å². The molecule has 12 heteroatoms. The number of nitrogens with one attached hydrogen (secondary N) is 2. The number of halogens is 2. The predicted molar refractivity (Wildman–Crippen MR) is 184 cm³/mol. The van der Waals surface area contributed by atoms with Gasteiger partial charge < -0.3 is 29.5 Å². The fourth-order valence-corrected chi connectivity index (χ4v) is 7.21. The first kappa shape index (κ1) is 33.7. The van der Waals surface area contributed by atoms with Crippen molar-refractivity contribution < 1.29 is 28.2 Å². The highest BCUT2D eigenvalue weighted by molar-refractivity contribution is 8.00. The van der Waals surface area contributed by atoms with Crippen LogP contribution in [-0.4, -0.2) is 57.9 Å². The molecule has 2 heterocycles. The Morgan fingerprint density at radius 3 is 2.73 bits per heavy atom. The average Bonchev–Trinajstić information content (AvgIpc) is 3.43. The number of amides is 1. The fourth-order valence-electron chi connectivity index (χ4n) is 6.28. The van der Waals surface area contributed by atoms with Gasteiger partial charge in [0.2, 0.25) is 5.95 Å². The number of fused-ring (bicyclic) bond motifs is 2. The minimum atomic E-state index is -0.738. The Kier molecular flexibility index (Phi) is 9.67.